The molecule has 2 unspecified atom stereocenters. The molecular weight excluding hydrogens is 370 g/mol. The predicted molar refractivity (Wildman–Crippen MR) is 114 cm³/mol. The summed E-state index contributed by atoms with van der Waals surface area (Å²) >= 11 is 1.79. The van der Waals surface area contributed by atoms with Crippen molar-refractivity contribution in [3.63, 3.8) is 0 Å². The number of ether oxygens (including phenoxy) is 2. The lowest BCUT2D eigenvalue weighted by molar-refractivity contribution is -0.116. The number of hydrogen-bond donors (Lipinski definition) is 1. The van der Waals surface area contributed by atoms with E-state index in [-0.39, 0.29) is 11.8 Å². The monoisotopic (exact) mass is 399 g/mol. The molecule has 4 rings (SSSR count). The topological polar surface area (TPSA) is 47.6 Å². The Morgan fingerprint density at radius 1 is 1.11 bits per heavy atom. The lowest BCUT2D eigenvalue weighted by Crippen LogP contribution is -2.27. The molecule has 5 heteroatoms. The van der Waals surface area contributed by atoms with Gasteiger partial charge in [-0.05, 0) is 59.4 Å². The molecule has 1 aliphatic carbocycles. The van der Waals surface area contributed by atoms with Crippen LogP contribution in [0, 0.1) is 11.3 Å². The Morgan fingerprint density at radius 3 is 2.54 bits per heavy atom. The van der Waals surface area contributed by atoms with Gasteiger partial charge < -0.3 is 14.8 Å². The summed E-state index contributed by atoms with van der Waals surface area (Å²) in [6, 6.07) is 6.03. The van der Waals surface area contributed by atoms with Crippen LogP contribution in [0.5, 0.6) is 11.5 Å². The van der Waals surface area contributed by atoms with E-state index >= 15 is 0 Å². The van der Waals surface area contributed by atoms with Crippen molar-refractivity contribution in [2.24, 2.45) is 11.3 Å². The molecule has 2 aromatic rings. The molecule has 28 heavy (non-hydrogen) atoms. The molecule has 0 saturated carbocycles. The number of anilines is 1. The number of fused-ring (bicyclic) bond motifs is 3. The Kier molecular flexibility index (Phi) is 4.90. The van der Waals surface area contributed by atoms with E-state index in [0.29, 0.717) is 29.3 Å². The third kappa shape index (κ3) is 3.30. The highest BCUT2D eigenvalue weighted by atomic mass is 32.1. The molecule has 1 aromatic heterocycles. The van der Waals surface area contributed by atoms with Gasteiger partial charge in [0, 0.05) is 17.2 Å². The lowest BCUT2D eigenvalue weighted by Gasteiger charge is -2.34. The van der Waals surface area contributed by atoms with Crippen molar-refractivity contribution < 1.29 is 14.3 Å². The van der Waals surface area contributed by atoms with Gasteiger partial charge in [-0.25, -0.2) is 0 Å². The lowest BCUT2D eigenvalue weighted by atomic mass is 9.71. The van der Waals surface area contributed by atoms with Crippen LogP contribution >= 0.6 is 11.3 Å². The van der Waals surface area contributed by atoms with E-state index in [4.69, 9.17) is 9.47 Å². The summed E-state index contributed by atoms with van der Waals surface area (Å²) in [7, 11) is 3.30. The summed E-state index contributed by atoms with van der Waals surface area (Å²) in [5.74, 6) is 2.29. The van der Waals surface area contributed by atoms with Gasteiger partial charge in [0.25, 0.3) is 0 Å². The largest absolute Gasteiger partial charge is 0.493 e. The quantitative estimate of drug-likeness (QED) is 0.753. The Labute approximate surface area is 171 Å². The highest BCUT2D eigenvalue weighted by Crippen LogP contribution is 2.50. The smallest absolute Gasteiger partial charge is 0.225 e. The maximum Gasteiger partial charge on any atom is 0.225 e. The van der Waals surface area contributed by atoms with E-state index in [2.05, 4.69) is 32.2 Å². The van der Waals surface area contributed by atoms with Crippen LogP contribution < -0.4 is 14.8 Å². The normalized spacial score (nSPS) is 21.5. The molecule has 1 aromatic carbocycles. The fraction of sp³-hybridized carbons (Fsp3) is 0.522. The van der Waals surface area contributed by atoms with Crippen LogP contribution in [0.4, 0.5) is 5.00 Å². The zero-order valence-electron chi connectivity index (χ0n) is 17.3. The third-order valence-corrected chi connectivity index (χ3v) is 7.52. The van der Waals surface area contributed by atoms with E-state index in [9.17, 15) is 4.79 Å². The van der Waals surface area contributed by atoms with Crippen LogP contribution in [0.2, 0.25) is 0 Å². The second-order valence-corrected chi connectivity index (χ2v) is 10.1. The van der Waals surface area contributed by atoms with E-state index < -0.39 is 0 Å². The predicted octanol–water partition coefficient (Wildman–Crippen LogP) is 5.39. The first kappa shape index (κ1) is 19.3. The van der Waals surface area contributed by atoms with Crippen molar-refractivity contribution in [3.05, 3.63) is 39.8 Å². The fourth-order valence-electron chi connectivity index (χ4n) is 4.63. The van der Waals surface area contributed by atoms with E-state index in [0.717, 1.165) is 23.4 Å². The summed E-state index contributed by atoms with van der Waals surface area (Å²) < 4.78 is 10.9. The average Bonchev–Trinajstić information content (AvgIpc) is 3.03. The zero-order chi connectivity index (χ0) is 20.1. The maximum absolute atomic E-state index is 12.5. The molecule has 0 spiro atoms. The van der Waals surface area contributed by atoms with Gasteiger partial charge in [0.1, 0.15) is 0 Å². The van der Waals surface area contributed by atoms with Crippen LogP contribution in [0.15, 0.2) is 18.2 Å². The number of thiophene rings is 1. The van der Waals surface area contributed by atoms with Crippen LogP contribution in [0.25, 0.3) is 0 Å². The molecule has 0 radical (unpaired) electrons. The summed E-state index contributed by atoms with van der Waals surface area (Å²) in [5.41, 5.74) is 4.24. The van der Waals surface area contributed by atoms with Gasteiger partial charge in [0.05, 0.1) is 19.2 Å². The van der Waals surface area contributed by atoms with Crippen molar-refractivity contribution in [1.29, 1.82) is 0 Å². The first-order valence-electron chi connectivity index (χ1n) is 9.98. The molecule has 0 saturated heterocycles. The van der Waals surface area contributed by atoms with Crippen molar-refractivity contribution in [3.8, 4) is 11.5 Å². The molecule has 2 aliphatic rings. The highest BCUT2D eigenvalue weighted by molar-refractivity contribution is 7.16. The number of methoxy groups -OCH3 is 2. The molecule has 1 aliphatic heterocycles. The van der Waals surface area contributed by atoms with Gasteiger partial charge >= 0.3 is 0 Å². The Morgan fingerprint density at radius 2 is 1.86 bits per heavy atom. The fourth-order valence-corrected chi connectivity index (χ4v) is 6.04. The molecule has 150 valence electrons. The zero-order valence-corrected chi connectivity index (χ0v) is 18.2. The highest BCUT2D eigenvalue weighted by Gasteiger charge is 2.37. The number of amides is 1. The molecule has 1 amide bonds. The van der Waals surface area contributed by atoms with Gasteiger partial charge in [-0.2, -0.15) is 0 Å². The van der Waals surface area contributed by atoms with Gasteiger partial charge in [-0.1, -0.05) is 26.8 Å². The SMILES string of the molecule is COc1ccc(C2CC(=O)Nc3sc4c(c32)CCC(C(C)(C)C)C4)cc1OC. The minimum atomic E-state index is 0.0785. The van der Waals surface area contributed by atoms with Crippen molar-refractivity contribution in [2.75, 3.05) is 19.5 Å². The Bertz CT molecular complexity index is 909. The van der Waals surface area contributed by atoms with Crippen molar-refractivity contribution >= 4 is 22.2 Å². The number of carbonyl (C=O) groups excluding carboxylic acids is 1. The number of hydrogen-bond acceptors (Lipinski definition) is 4. The number of carbonyl (C=O) groups is 1. The van der Waals surface area contributed by atoms with E-state index in [1.54, 1.807) is 25.6 Å². The van der Waals surface area contributed by atoms with Crippen LogP contribution in [-0.4, -0.2) is 20.1 Å². The number of nitrogens with one attached hydrogen (secondary N) is 1. The molecule has 4 nitrogen and oxygen atoms in total. The first-order chi connectivity index (χ1) is 13.3. The maximum atomic E-state index is 12.5. The van der Waals surface area contributed by atoms with E-state index in [1.165, 1.54) is 22.4 Å². The van der Waals surface area contributed by atoms with Crippen molar-refractivity contribution in [2.45, 2.75) is 52.4 Å². The van der Waals surface area contributed by atoms with Crippen molar-refractivity contribution in [1.82, 2.24) is 0 Å². The first-order valence-corrected chi connectivity index (χ1v) is 10.8. The number of benzene rings is 1. The molecule has 2 atom stereocenters. The Balaban J connectivity index is 1.76. The summed E-state index contributed by atoms with van der Waals surface area (Å²) in [6.07, 6.45) is 3.91. The standard InChI is InChI=1S/C23H29NO3S/c1-23(2,3)14-7-8-15-19(11-14)28-22-21(15)16(12-20(25)24-22)13-6-9-17(26-4)18(10-13)27-5/h6,9-10,14,16H,7-8,11-12H2,1-5H3,(H,24,25). The van der Waals surface area contributed by atoms with Gasteiger partial charge in [0.2, 0.25) is 5.91 Å². The second kappa shape index (κ2) is 7.11. The molecule has 0 fully saturated rings. The molecular formula is C23H29NO3S. The Hall–Kier alpha value is -2.01. The average molecular weight is 400 g/mol. The van der Waals surface area contributed by atoms with Crippen LogP contribution in [0.1, 0.15) is 61.1 Å². The van der Waals surface area contributed by atoms with Crippen LogP contribution in [-0.2, 0) is 17.6 Å². The molecule has 1 N–H and O–H groups in total. The second-order valence-electron chi connectivity index (χ2n) is 8.97. The van der Waals surface area contributed by atoms with Gasteiger partial charge in [-0.3, -0.25) is 4.79 Å². The molecule has 0 bridgehead atoms. The molecule has 2 heterocycles. The summed E-state index contributed by atoms with van der Waals surface area (Å²) in [6.45, 7) is 7.01. The number of rotatable bonds is 3. The summed E-state index contributed by atoms with van der Waals surface area (Å²) in [4.78, 5) is 13.9. The third-order valence-electron chi connectivity index (χ3n) is 6.33. The minimum absolute atomic E-state index is 0.0785. The van der Waals surface area contributed by atoms with Gasteiger partial charge in [0.15, 0.2) is 11.5 Å². The van der Waals surface area contributed by atoms with E-state index in [1.807, 2.05) is 12.1 Å². The van der Waals surface area contributed by atoms with Crippen LogP contribution in [0.3, 0.4) is 0 Å². The van der Waals surface area contributed by atoms with Gasteiger partial charge in [-0.15, -0.1) is 11.3 Å². The summed E-state index contributed by atoms with van der Waals surface area (Å²) in [5, 5.41) is 4.20. The minimum Gasteiger partial charge on any atom is -0.493 e.